The molecule has 2 aliphatic rings. The minimum Gasteiger partial charge on any atom is -0.468 e. The van der Waals surface area contributed by atoms with Crippen molar-refractivity contribution < 1.29 is 9.53 Å². The molecule has 4 N–H and O–H groups in total. The average Bonchev–Trinajstić information content (AvgIpc) is 2.53. The van der Waals surface area contributed by atoms with Crippen LogP contribution in [0.5, 0.6) is 0 Å². The quantitative estimate of drug-likeness (QED) is 0.862. The van der Waals surface area contributed by atoms with Crippen molar-refractivity contribution in [3.05, 3.63) is 34.9 Å². The summed E-state index contributed by atoms with van der Waals surface area (Å²) in [6.45, 7) is 0.568. The van der Waals surface area contributed by atoms with E-state index >= 15 is 0 Å². The Balaban J connectivity index is 2.04. The number of nitrogens with zero attached hydrogens (tertiary/aromatic N) is 1. The molecule has 2 bridgehead atoms. The lowest BCUT2D eigenvalue weighted by molar-refractivity contribution is -0.137. The first-order chi connectivity index (χ1) is 11.1. The Hall–Kier alpha value is -1.43. The van der Waals surface area contributed by atoms with Gasteiger partial charge in [-0.2, -0.15) is 0 Å². The van der Waals surface area contributed by atoms with Crippen molar-refractivity contribution in [3.63, 3.8) is 0 Å². The molecule has 0 aromatic heterocycles. The molecule has 3 unspecified atom stereocenters. The normalized spacial score (nSPS) is 28.0. The Bertz CT molecular complexity index is 634. The summed E-state index contributed by atoms with van der Waals surface area (Å²) in [4.78, 5) is 17.6. The standard InChI is InChI=1S/C17H22ClN3O2/c18-12-6-2-1-5-11(12)17-9-3-8-14(15(17)22)23-16(21-17)13(20)7-4-10-19/h1-2,5-6,13-14H,3-4,7-10,19-20H2. The van der Waals surface area contributed by atoms with Gasteiger partial charge in [0.15, 0.2) is 11.6 Å². The molecule has 1 aromatic carbocycles. The van der Waals surface area contributed by atoms with E-state index in [1.165, 1.54) is 0 Å². The molecule has 0 saturated heterocycles. The summed E-state index contributed by atoms with van der Waals surface area (Å²) in [7, 11) is 0. The molecule has 0 spiro atoms. The van der Waals surface area contributed by atoms with Gasteiger partial charge in [0.25, 0.3) is 0 Å². The predicted octanol–water partition coefficient (Wildman–Crippen LogP) is 2.15. The number of carbonyl (C=O) groups excluding carboxylic acids is 1. The van der Waals surface area contributed by atoms with Gasteiger partial charge in [0.2, 0.25) is 11.7 Å². The van der Waals surface area contributed by atoms with Crippen molar-refractivity contribution in [1.82, 2.24) is 0 Å². The van der Waals surface area contributed by atoms with Crippen LogP contribution in [-0.4, -0.2) is 30.4 Å². The first-order valence-corrected chi connectivity index (χ1v) is 8.47. The van der Waals surface area contributed by atoms with Crippen LogP contribution in [0, 0.1) is 0 Å². The van der Waals surface area contributed by atoms with Crippen LogP contribution in [-0.2, 0) is 15.1 Å². The van der Waals surface area contributed by atoms with Crippen molar-refractivity contribution >= 4 is 23.3 Å². The van der Waals surface area contributed by atoms with E-state index in [1.807, 2.05) is 18.2 Å². The number of carbonyl (C=O) groups is 1. The Morgan fingerprint density at radius 3 is 2.96 bits per heavy atom. The number of hydrogen-bond donors (Lipinski definition) is 2. The van der Waals surface area contributed by atoms with E-state index in [4.69, 9.17) is 32.8 Å². The molecule has 0 amide bonds. The molecular weight excluding hydrogens is 314 g/mol. The maximum atomic E-state index is 12.9. The number of halogens is 1. The molecule has 1 saturated carbocycles. The van der Waals surface area contributed by atoms with E-state index in [1.54, 1.807) is 6.07 Å². The average molecular weight is 336 g/mol. The van der Waals surface area contributed by atoms with Gasteiger partial charge in [-0.3, -0.25) is 4.79 Å². The van der Waals surface area contributed by atoms with Gasteiger partial charge in [-0.15, -0.1) is 0 Å². The summed E-state index contributed by atoms with van der Waals surface area (Å²) in [6, 6.07) is 7.06. The number of ketones is 1. The minimum absolute atomic E-state index is 0.00775. The van der Waals surface area contributed by atoms with Gasteiger partial charge in [0.05, 0.1) is 6.04 Å². The molecule has 3 rings (SSSR count). The number of Topliss-reactive ketones (excluding diaryl/α,β-unsaturated/α-hetero) is 1. The van der Waals surface area contributed by atoms with Crippen LogP contribution in [0.25, 0.3) is 0 Å². The molecule has 124 valence electrons. The van der Waals surface area contributed by atoms with Gasteiger partial charge in [-0.25, -0.2) is 4.99 Å². The number of ether oxygens (including phenoxy) is 1. The van der Waals surface area contributed by atoms with E-state index in [0.29, 0.717) is 36.7 Å². The fourth-order valence-electron chi connectivity index (χ4n) is 3.40. The molecule has 1 aromatic rings. The lowest BCUT2D eigenvalue weighted by Crippen LogP contribution is -2.54. The Kier molecular flexibility index (Phi) is 4.71. The SMILES string of the molecule is NCCCC(N)C1=NC2(c3ccccc3Cl)CCCC(O1)C2=O. The molecule has 3 atom stereocenters. The van der Waals surface area contributed by atoms with Crippen LogP contribution in [0.4, 0.5) is 0 Å². The zero-order valence-electron chi connectivity index (χ0n) is 13.0. The van der Waals surface area contributed by atoms with Crippen LogP contribution >= 0.6 is 11.6 Å². The number of nitrogens with two attached hydrogens (primary N) is 2. The van der Waals surface area contributed by atoms with E-state index < -0.39 is 11.6 Å². The van der Waals surface area contributed by atoms with Crippen molar-refractivity contribution in [2.75, 3.05) is 6.54 Å². The monoisotopic (exact) mass is 335 g/mol. The maximum Gasteiger partial charge on any atom is 0.205 e. The van der Waals surface area contributed by atoms with E-state index in [2.05, 4.69) is 0 Å². The van der Waals surface area contributed by atoms with Crippen LogP contribution in [0.15, 0.2) is 29.3 Å². The van der Waals surface area contributed by atoms with Crippen molar-refractivity contribution in [1.29, 1.82) is 0 Å². The first kappa shape index (κ1) is 16.4. The number of hydrogen-bond acceptors (Lipinski definition) is 5. The molecule has 23 heavy (non-hydrogen) atoms. The van der Waals surface area contributed by atoms with Gasteiger partial charge in [0.1, 0.15) is 0 Å². The molecule has 0 radical (unpaired) electrons. The Labute approximate surface area is 141 Å². The second kappa shape index (κ2) is 6.59. The third-order valence-electron chi connectivity index (χ3n) is 4.62. The maximum absolute atomic E-state index is 12.9. The second-order valence-corrected chi connectivity index (χ2v) is 6.60. The van der Waals surface area contributed by atoms with Gasteiger partial charge in [-0.1, -0.05) is 29.8 Å². The highest BCUT2D eigenvalue weighted by Gasteiger charge is 2.52. The predicted molar refractivity (Wildman–Crippen MR) is 90.6 cm³/mol. The second-order valence-electron chi connectivity index (χ2n) is 6.19. The van der Waals surface area contributed by atoms with Gasteiger partial charge in [-0.05, 0) is 44.7 Å². The molecule has 6 heteroatoms. The summed E-state index contributed by atoms with van der Waals surface area (Å²) in [5.41, 5.74) is 11.6. The molecule has 1 aliphatic heterocycles. The summed E-state index contributed by atoms with van der Waals surface area (Å²) < 4.78 is 5.81. The van der Waals surface area contributed by atoms with Crippen molar-refractivity contribution in [2.24, 2.45) is 16.5 Å². The zero-order valence-corrected chi connectivity index (χ0v) is 13.8. The molecular formula is C17H22ClN3O2. The number of fused-ring (bicyclic) bond motifs is 2. The lowest BCUT2D eigenvalue weighted by Gasteiger charge is -2.42. The fourth-order valence-corrected chi connectivity index (χ4v) is 3.70. The molecule has 1 aliphatic carbocycles. The first-order valence-electron chi connectivity index (χ1n) is 8.10. The third-order valence-corrected chi connectivity index (χ3v) is 4.95. The topological polar surface area (TPSA) is 90.7 Å². The van der Waals surface area contributed by atoms with E-state index in [-0.39, 0.29) is 11.8 Å². The summed E-state index contributed by atoms with van der Waals surface area (Å²) in [5, 5.41) is 0.557. The Morgan fingerprint density at radius 2 is 2.22 bits per heavy atom. The van der Waals surface area contributed by atoms with Crippen molar-refractivity contribution in [3.8, 4) is 0 Å². The number of rotatable bonds is 5. The van der Waals surface area contributed by atoms with Gasteiger partial charge >= 0.3 is 0 Å². The van der Waals surface area contributed by atoms with Gasteiger partial charge < -0.3 is 16.2 Å². The Morgan fingerprint density at radius 1 is 1.43 bits per heavy atom. The van der Waals surface area contributed by atoms with Crippen LogP contribution < -0.4 is 11.5 Å². The number of aliphatic imine (C=N–C) groups is 1. The van der Waals surface area contributed by atoms with Crippen molar-refractivity contribution in [2.45, 2.75) is 49.8 Å². The van der Waals surface area contributed by atoms with E-state index in [9.17, 15) is 4.79 Å². The number of benzene rings is 1. The zero-order chi connectivity index (χ0) is 16.4. The highest BCUT2D eigenvalue weighted by atomic mass is 35.5. The summed E-state index contributed by atoms with van der Waals surface area (Å²) in [5.74, 6) is 0.453. The smallest absolute Gasteiger partial charge is 0.205 e. The summed E-state index contributed by atoms with van der Waals surface area (Å²) in [6.07, 6.45) is 3.22. The highest BCUT2D eigenvalue weighted by Crippen LogP contribution is 2.44. The van der Waals surface area contributed by atoms with E-state index in [0.717, 1.165) is 18.4 Å². The molecule has 1 fully saturated rings. The van der Waals surface area contributed by atoms with Crippen LogP contribution in [0.3, 0.4) is 0 Å². The molecule has 1 heterocycles. The third kappa shape index (κ3) is 2.89. The largest absolute Gasteiger partial charge is 0.468 e. The lowest BCUT2D eigenvalue weighted by atomic mass is 9.73. The highest BCUT2D eigenvalue weighted by molar-refractivity contribution is 6.32. The van der Waals surface area contributed by atoms with Gasteiger partial charge in [0, 0.05) is 10.6 Å². The van der Waals surface area contributed by atoms with Crippen LogP contribution in [0.1, 0.15) is 37.7 Å². The summed E-state index contributed by atoms with van der Waals surface area (Å²) >= 11 is 6.36. The molecule has 5 nitrogen and oxygen atoms in total. The minimum atomic E-state index is -0.949. The fraction of sp³-hybridized carbons (Fsp3) is 0.529. The van der Waals surface area contributed by atoms with Crippen LogP contribution in [0.2, 0.25) is 5.02 Å².